The van der Waals surface area contributed by atoms with E-state index in [-0.39, 0.29) is 5.97 Å². The second-order valence-electron chi connectivity index (χ2n) is 4.46. The summed E-state index contributed by atoms with van der Waals surface area (Å²) in [5, 5.41) is 0. The Labute approximate surface area is 146 Å². The number of methoxy groups -OCH3 is 2. The number of benzene rings is 2. The van der Waals surface area contributed by atoms with Crippen LogP contribution in [0.2, 0.25) is 0 Å². The molecule has 0 aliphatic heterocycles. The molecule has 0 atom stereocenters. The third-order valence-corrected chi connectivity index (χ3v) is 3.58. The lowest BCUT2D eigenvalue weighted by Gasteiger charge is -2.10. The molecule has 3 nitrogen and oxygen atoms in total. The normalized spacial score (nSPS) is 10.0. The molecule has 0 saturated heterocycles. The summed E-state index contributed by atoms with van der Waals surface area (Å²) in [5.41, 5.74) is 3.46. The lowest BCUT2D eigenvalue weighted by Crippen LogP contribution is -2.00. The molecule has 0 amide bonds. The lowest BCUT2D eigenvalue weighted by atomic mass is 10.0. The molecule has 0 bridgehead atoms. The van der Waals surface area contributed by atoms with Gasteiger partial charge in [0, 0.05) is 5.56 Å². The zero-order chi connectivity index (χ0) is 16.1. The van der Waals surface area contributed by atoms with E-state index in [4.69, 9.17) is 9.47 Å². The van der Waals surface area contributed by atoms with Gasteiger partial charge < -0.3 is 9.47 Å². The molecule has 0 heterocycles. The number of halogens is 2. The average molecular weight is 426 g/mol. The Balaban J connectivity index is 2.39. The van der Waals surface area contributed by atoms with E-state index in [0.717, 1.165) is 25.8 Å². The first-order chi connectivity index (χ1) is 10.5. The Morgan fingerprint density at radius 1 is 1.05 bits per heavy atom. The van der Waals surface area contributed by atoms with E-state index in [1.165, 1.54) is 7.11 Å². The van der Waals surface area contributed by atoms with Crippen LogP contribution in [-0.2, 0) is 4.74 Å². The van der Waals surface area contributed by atoms with E-state index in [0.29, 0.717) is 5.56 Å². The van der Waals surface area contributed by atoms with E-state index in [1.807, 2.05) is 36.4 Å². The van der Waals surface area contributed by atoms with Gasteiger partial charge in [-0.15, -0.1) is 0 Å². The molecule has 22 heavy (non-hydrogen) atoms. The molecule has 5 heteroatoms. The van der Waals surface area contributed by atoms with E-state index >= 15 is 0 Å². The highest BCUT2D eigenvalue weighted by atomic mass is 79.9. The molecule has 2 aromatic carbocycles. The van der Waals surface area contributed by atoms with Crippen molar-refractivity contribution in [2.75, 3.05) is 14.2 Å². The van der Waals surface area contributed by atoms with Gasteiger partial charge >= 0.3 is 5.97 Å². The molecule has 0 aliphatic rings. The zero-order valence-corrected chi connectivity index (χ0v) is 15.3. The quantitative estimate of drug-likeness (QED) is 0.628. The van der Waals surface area contributed by atoms with Crippen LogP contribution in [0.25, 0.3) is 17.2 Å². The maximum Gasteiger partial charge on any atom is 0.337 e. The first kappa shape index (κ1) is 16.8. The second kappa shape index (κ2) is 7.61. The summed E-state index contributed by atoms with van der Waals surface area (Å²) in [6.45, 7) is 0. The maximum absolute atomic E-state index is 11.5. The van der Waals surface area contributed by atoms with Crippen molar-refractivity contribution < 1.29 is 14.3 Å². The molecule has 0 spiro atoms. The lowest BCUT2D eigenvalue weighted by molar-refractivity contribution is 0.0601. The number of carbonyl (C=O) groups is 1. The monoisotopic (exact) mass is 424 g/mol. The van der Waals surface area contributed by atoms with Gasteiger partial charge in [0.05, 0.1) is 23.2 Å². The van der Waals surface area contributed by atoms with Crippen LogP contribution in [0.1, 0.15) is 15.9 Å². The minimum absolute atomic E-state index is 0.346. The zero-order valence-electron chi connectivity index (χ0n) is 12.1. The summed E-state index contributed by atoms with van der Waals surface area (Å²) in [6.07, 6.45) is 1.94. The molecule has 0 N–H and O–H groups in total. The van der Waals surface area contributed by atoms with Gasteiger partial charge in [0.2, 0.25) is 0 Å². The summed E-state index contributed by atoms with van der Waals surface area (Å²) in [6, 6.07) is 13.2. The van der Waals surface area contributed by atoms with Crippen molar-refractivity contribution >= 4 is 43.9 Å². The summed E-state index contributed by atoms with van der Waals surface area (Å²) in [7, 11) is 3.01. The third kappa shape index (κ3) is 3.99. The number of ether oxygens (including phenoxy) is 2. The van der Waals surface area contributed by atoms with Crippen molar-refractivity contribution in [3.8, 4) is 16.9 Å². The first-order valence-electron chi connectivity index (χ1n) is 6.44. The van der Waals surface area contributed by atoms with Crippen molar-refractivity contribution in [1.29, 1.82) is 0 Å². The molecule has 0 fully saturated rings. The van der Waals surface area contributed by atoms with Gasteiger partial charge in [-0.25, -0.2) is 4.79 Å². The van der Waals surface area contributed by atoms with E-state index in [2.05, 4.69) is 31.9 Å². The van der Waals surface area contributed by atoms with Crippen LogP contribution in [0.5, 0.6) is 5.75 Å². The van der Waals surface area contributed by atoms with Gasteiger partial charge in [-0.1, -0.05) is 24.3 Å². The number of hydrogen-bond acceptors (Lipinski definition) is 3. The number of esters is 1. The number of carbonyl (C=O) groups excluding carboxylic acids is 1. The van der Waals surface area contributed by atoms with Crippen molar-refractivity contribution in [2.24, 2.45) is 0 Å². The van der Waals surface area contributed by atoms with Crippen molar-refractivity contribution in [2.45, 2.75) is 0 Å². The third-order valence-electron chi connectivity index (χ3n) is 3.12. The fourth-order valence-electron chi connectivity index (χ4n) is 2.07. The van der Waals surface area contributed by atoms with Crippen molar-refractivity contribution in [1.82, 2.24) is 0 Å². The van der Waals surface area contributed by atoms with Gasteiger partial charge in [0.15, 0.2) is 0 Å². The van der Waals surface area contributed by atoms with Crippen molar-refractivity contribution in [3.05, 3.63) is 57.0 Å². The fourth-order valence-corrected chi connectivity index (χ4v) is 2.59. The molecule has 114 valence electrons. The molecule has 0 radical (unpaired) electrons. The highest BCUT2D eigenvalue weighted by Gasteiger charge is 2.09. The van der Waals surface area contributed by atoms with Crippen LogP contribution in [0.3, 0.4) is 0 Å². The van der Waals surface area contributed by atoms with Crippen LogP contribution in [0, 0.1) is 0 Å². The highest BCUT2D eigenvalue weighted by Crippen LogP contribution is 2.32. The molecule has 2 rings (SSSR count). The summed E-state index contributed by atoms with van der Waals surface area (Å²) < 4.78 is 11.0. The summed E-state index contributed by atoms with van der Waals surface area (Å²) in [4.78, 5) is 11.5. The van der Waals surface area contributed by atoms with E-state index < -0.39 is 0 Å². The van der Waals surface area contributed by atoms with Gasteiger partial charge in [-0.3, -0.25) is 0 Å². The number of rotatable bonds is 4. The summed E-state index contributed by atoms with van der Waals surface area (Å²) >= 11 is 6.68. The Kier molecular flexibility index (Phi) is 5.80. The van der Waals surface area contributed by atoms with Crippen LogP contribution in [0.4, 0.5) is 0 Å². The van der Waals surface area contributed by atoms with Gasteiger partial charge in [0.25, 0.3) is 0 Å². The average Bonchev–Trinajstić information content (AvgIpc) is 2.53. The fraction of sp³-hybridized carbons (Fsp3) is 0.118. The Morgan fingerprint density at radius 3 is 2.27 bits per heavy atom. The Morgan fingerprint density at radius 2 is 1.73 bits per heavy atom. The minimum atomic E-state index is -0.346. The Hall–Kier alpha value is -1.59. The van der Waals surface area contributed by atoms with Crippen LogP contribution in [-0.4, -0.2) is 20.2 Å². The predicted molar refractivity (Wildman–Crippen MR) is 95.6 cm³/mol. The predicted octanol–water partition coefficient (Wildman–Crippen LogP) is 5.24. The maximum atomic E-state index is 11.5. The van der Waals surface area contributed by atoms with Gasteiger partial charge in [-0.2, -0.15) is 0 Å². The topological polar surface area (TPSA) is 35.5 Å². The van der Waals surface area contributed by atoms with Gasteiger partial charge in [0.1, 0.15) is 5.75 Å². The second-order valence-corrected chi connectivity index (χ2v) is 7.24. The van der Waals surface area contributed by atoms with Gasteiger partial charge in [-0.05, 0) is 67.3 Å². The first-order valence-corrected chi connectivity index (χ1v) is 8.03. The van der Waals surface area contributed by atoms with Crippen LogP contribution < -0.4 is 4.74 Å². The molecule has 0 aromatic heterocycles. The minimum Gasteiger partial charge on any atom is -0.496 e. The standard InChI is InChI=1S/C17H14Br2O3/c1-21-15-9-11(10-16(18)19)3-8-14(15)12-4-6-13(7-5-12)17(20)22-2/h3-10H,1-2H3. The molecule has 0 saturated carbocycles. The molecular weight excluding hydrogens is 412 g/mol. The van der Waals surface area contributed by atoms with E-state index in [1.54, 1.807) is 19.2 Å². The van der Waals surface area contributed by atoms with E-state index in [9.17, 15) is 4.79 Å². The molecule has 0 aliphatic carbocycles. The van der Waals surface area contributed by atoms with Crippen molar-refractivity contribution in [3.63, 3.8) is 0 Å². The molecular formula is C17H14Br2O3. The van der Waals surface area contributed by atoms with Crippen LogP contribution >= 0.6 is 31.9 Å². The highest BCUT2D eigenvalue weighted by molar-refractivity contribution is 9.28. The number of hydrogen-bond donors (Lipinski definition) is 0. The summed E-state index contributed by atoms with van der Waals surface area (Å²) in [5.74, 6) is 0.419. The smallest absolute Gasteiger partial charge is 0.337 e. The molecule has 2 aromatic rings. The Bertz CT molecular complexity index is 702. The SMILES string of the molecule is COC(=O)c1ccc(-c2ccc(C=C(Br)Br)cc2OC)cc1. The largest absolute Gasteiger partial charge is 0.496 e. The van der Waals surface area contributed by atoms with Crippen LogP contribution in [0.15, 0.2) is 45.9 Å². The molecule has 0 unspecified atom stereocenters.